The number of likely N-dealkylation sites (tertiary alicyclic amines) is 1. The van der Waals surface area contributed by atoms with Crippen molar-refractivity contribution >= 4 is 11.9 Å². The average Bonchev–Trinajstić information content (AvgIpc) is 3.18. The van der Waals surface area contributed by atoms with Gasteiger partial charge >= 0.3 is 0 Å². The Morgan fingerprint density at radius 2 is 1.80 bits per heavy atom. The van der Waals surface area contributed by atoms with Crippen LogP contribution in [0.4, 0.5) is 10.3 Å². The number of hydrogen-bond donors (Lipinski definition) is 1. The van der Waals surface area contributed by atoms with Crippen molar-refractivity contribution < 1.29 is 9.18 Å². The number of aromatic amines is 1. The number of carbonyl (C=O) groups is 1. The molecule has 0 aliphatic carbocycles. The molecule has 1 aromatic heterocycles. The molecule has 1 N–H and O–H groups in total. The molecule has 1 aromatic carbocycles. The Morgan fingerprint density at radius 3 is 2.40 bits per heavy atom. The number of nitrogens with one attached hydrogen (secondary N) is 1. The normalized spacial score (nSPS) is 22.3. The Bertz CT molecular complexity index is 853. The van der Waals surface area contributed by atoms with E-state index in [4.69, 9.17) is 0 Å². The molecule has 1 amide bonds. The number of benzene rings is 1. The van der Waals surface area contributed by atoms with Gasteiger partial charge in [-0.3, -0.25) is 14.6 Å². The van der Waals surface area contributed by atoms with Crippen molar-refractivity contribution in [2.24, 2.45) is 11.8 Å². The lowest BCUT2D eigenvalue weighted by atomic mass is 10.0. The van der Waals surface area contributed by atoms with Gasteiger partial charge in [-0.25, -0.2) is 4.98 Å². The van der Waals surface area contributed by atoms with E-state index in [1.807, 2.05) is 40.1 Å². The molecule has 0 radical (unpaired) electrons. The summed E-state index contributed by atoms with van der Waals surface area (Å²) in [5.41, 5.74) is 0.0802. The lowest BCUT2D eigenvalue weighted by Crippen LogP contribution is -2.34. The SMILES string of the molecule is Cc1nc(N2CC3CN(C(=O)c4ccccc4)CC3C2)[nH]c(=O)c1F. The van der Waals surface area contributed by atoms with Crippen molar-refractivity contribution in [1.82, 2.24) is 14.9 Å². The molecule has 130 valence electrons. The predicted octanol–water partition coefficient (Wildman–Crippen LogP) is 1.43. The molecule has 2 atom stereocenters. The molecule has 2 saturated heterocycles. The number of hydrogen-bond acceptors (Lipinski definition) is 4. The molecule has 2 fully saturated rings. The number of rotatable bonds is 2. The molecule has 3 heterocycles. The minimum absolute atomic E-state index is 0.0608. The van der Waals surface area contributed by atoms with Gasteiger partial charge < -0.3 is 9.80 Å². The Labute approximate surface area is 144 Å². The predicted molar refractivity (Wildman–Crippen MR) is 91.1 cm³/mol. The van der Waals surface area contributed by atoms with Crippen molar-refractivity contribution in [3.8, 4) is 0 Å². The van der Waals surface area contributed by atoms with Crippen molar-refractivity contribution in [1.29, 1.82) is 0 Å². The number of halogens is 1. The highest BCUT2D eigenvalue weighted by atomic mass is 19.1. The van der Waals surface area contributed by atoms with E-state index in [9.17, 15) is 14.0 Å². The highest BCUT2D eigenvalue weighted by Crippen LogP contribution is 2.33. The first-order chi connectivity index (χ1) is 12.0. The van der Waals surface area contributed by atoms with Gasteiger partial charge in [0.25, 0.3) is 11.5 Å². The summed E-state index contributed by atoms with van der Waals surface area (Å²) in [6.45, 7) is 4.29. The van der Waals surface area contributed by atoms with E-state index in [-0.39, 0.29) is 11.6 Å². The molecule has 7 heteroatoms. The third-order valence-corrected chi connectivity index (χ3v) is 5.11. The average molecular weight is 342 g/mol. The zero-order valence-electron chi connectivity index (χ0n) is 13.9. The van der Waals surface area contributed by atoms with Crippen molar-refractivity contribution in [2.75, 3.05) is 31.1 Å². The van der Waals surface area contributed by atoms with E-state index in [1.165, 1.54) is 6.92 Å². The second-order valence-electron chi connectivity index (χ2n) is 6.79. The fourth-order valence-corrected chi connectivity index (χ4v) is 3.80. The van der Waals surface area contributed by atoms with Gasteiger partial charge in [-0.05, 0) is 19.1 Å². The number of carbonyl (C=O) groups excluding carboxylic acids is 1. The maximum atomic E-state index is 13.5. The number of amides is 1. The number of aromatic nitrogens is 2. The lowest BCUT2D eigenvalue weighted by Gasteiger charge is -2.22. The first-order valence-corrected chi connectivity index (χ1v) is 8.38. The van der Waals surface area contributed by atoms with Crippen molar-refractivity contribution in [3.63, 3.8) is 0 Å². The van der Waals surface area contributed by atoms with Gasteiger partial charge in [-0.1, -0.05) is 18.2 Å². The third-order valence-electron chi connectivity index (χ3n) is 5.11. The third kappa shape index (κ3) is 2.79. The summed E-state index contributed by atoms with van der Waals surface area (Å²) in [5.74, 6) is 0.319. The van der Waals surface area contributed by atoms with Crippen LogP contribution in [0.15, 0.2) is 35.1 Å². The number of aryl methyl sites for hydroxylation is 1. The molecular formula is C18H19FN4O2. The van der Waals surface area contributed by atoms with Crippen LogP contribution < -0.4 is 10.5 Å². The maximum Gasteiger partial charge on any atom is 0.288 e. The fraction of sp³-hybridized carbons (Fsp3) is 0.389. The summed E-state index contributed by atoms with van der Waals surface area (Å²) in [5, 5.41) is 0. The summed E-state index contributed by atoms with van der Waals surface area (Å²) in [7, 11) is 0. The highest BCUT2D eigenvalue weighted by molar-refractivity contribution is 5.94. The van der Waals surface area contributed by atoms with Crippen LogP contribution >= 0.6 is 0 Å². The Hall–Kier alpha value is -2.70. The van der Waals surface area contributed by atoms with E-state index < -0.39 is 11.4 Å². The summed E-state index contributed by atoms with van der Waals surface area (Å²) in [6.07, 6.45) is 0. The molecule has 2 aliphatic rings. The molecule has 2 aromatic rings. The largest absolute Gasteiger partial charge is 0.342 e. The second-order valence-corrected chi connectivity index (χ2v) is 6.79. The monoisotopic (exact) mass is 342 g/mol. The Balaban J connectivity index is 1.46. The van der Waals surface area contributed by atoms with E-state index in [0.717, 1.165) is 0 Å². The second kappa shape index (κ2) is 5.98. The quantitative estimate of drug-likeness (QED) is 0.896. The summed E-state index contributed by atoms with van der Waals surface area (Å²) in [4.78, 5) is 34.7. The van der Waals surface area contributed by atoms with Crippen LogP contribution in [0, 0.1) is 24.6 Å². The molecule has 2 aliphatic heterocycles. The Morgan fingerprint density at radius 1 is 1.16 bits per heavy atom. The van der Waals surface area contributed by atoms with Crippen LogP contribution in [0.3, 0.4) is 0 Å². The topological polar surface area (TPSA) is 69.3 Å². The molecular weight excluding hydrogens is 323 g/mol. The molecule has 2 unspecified atom stereocenters. The fourth-order valence-electron chi connectivity index (χ4n) is 3.80. The van der Waals surface area contributed by atoms with Gasteiger partial charge in [0, 0.05) is 43.6 Å². The van der Waals surface area contributed by atoms with E-state index in [0.29, 0.717) is 49.5 Å². The van der Waals surface area contributed by atoms with Gasteiger partial charge in [-0.2, -0.15) is 4.39 Å². The van der Waals surface area contributed by atoms with Crippen molar-refractivity contribution in [3.05, 3.63) is 57.8 Å². The van der Waals surface area contributed by atoms with Gasteiger partial charge in [0.15, 0.2) is 0 Å². The summed E-state index contributed by atoms with van der Waals surface area (Å²) in [6, 6.07) is 9.29. The van der Waals surface area contributed by atoms with Crippen LogP contribution in [0.25, 0.3) is 0 Å². The number of fused-ring (bicyclic) bond motifs is 1. The molecule has 0 saturated carbocycles. The molecule has 0 spiro atoms. The van der Waals surface area contributed by atoms with Gasteiger partial charge in [0.1, 0.15) is 0 Å². The standard InChI is InChI=1S/C18H19FN4O2/c1-11-15(19)16(24)21-18(20-11)23-9-13-7-22(8-14(13)10-23)17(25)12-5-3-2-4-6-12/h2-6,13-14H,7-10H2,1H3,(H,20,21,24). The first kappa shape index (κ1) is 15.8. The zero-order chi connectivity index (χ0) is 17.6. The van der Waals surface area contributed by atoms with E-state index in [2.05, 4.69) is 9.97 Å². The van der Waals surface area contributed by atoms with Crippen LogP contribution in [0.2, 0.25) is 0 Å². The van der Waals surface area contributed by atoms with E-state index >= 15 is 0 Å². The Kier molecular flexibility index (Phi) is 3.78. The smallest absolute Gasteiger partial charge is 0.288 e. The number of H-pyrrole nitrogens is 1. The minimum atomic E-state index is -0.831. The lowest BCUT2D eigenvalue weighted by molar-refractivity contribution is 0.0782. The minimum Gasteiger partial charge on any atom is -0.342 e. The number of nitrogens with zero attached hydrogens (tertiary/aromatic N) is 3. The zero-order valence-corrected chi connectivity index (χ0v) is 13.9. The van der Waals surface area contributed by atoms with Gasteiger partial charge in [0.05, 0.1) is 5.69 Å². The summed E-state index contributed by atoms with van der Waals surface area (Å²) < 4.78 is 13.5. The maximum absolute atomic E-state index is 13.5. The highest BCUT2D eigenvalue weighted by Gasteiger charge is 2.42. The van der Waals surface area contributed by atoms with Gasteiger partial charge in [-0.15, -0.1) is 0 Å². The molecule has 6 nitrogen and oxygen atoms in total. The molecule has 25 heavy (non-hydrogen) atoms. The van der Waals surface area contributed by atoms with Crippen molar-refractivity contribution in [2.45, 2.75) is 6.92 Å². The first-order valence-electron chi connectivity index (χ1n) is 8.38. The molecule has 0 bridgehead atoms. The van der Waals surface area contributed by atoms with Gasteiger partial charge in [0.2, 0.25) is 11.8 Å². The van der Waals surface area contributed by atoms with Crippen LogP contribution in [0.1, 0.15) is 16.1 Å². The summed E-state index contributed by atoms with van der Waals surface area (Å²) >= 11 is 0. The van der Waals surface area contributed by atoms with Crippen LogP contribution in [0.5, 0.6) is 0 Å². The van der Waals surface area contributed by atoms with Crippen LogP contribution in [-0.4, -0.2) is 47.0 Å². The number of anilines is 1. The molecule has 4 rings (SSSR count). The van der Waals surface area contributed by atoms with E-state index in [1.54, 1.807) is 0 Å². The van der Waals surface area contributed by atoms with Crippen LogP contribution in [-0.2, 0) is 0 Å².